The maximum Gasteiger partial charge on any atom is 0.192 e. The van der Waals surface area contributed by atoms with E-state index in [-0.39, 0.29) is 28.6 Å². The van der Waals surface area contributed by atoms with Gasteiger partial charge in [-0.05, 0) is 48.4 Å². The van der Waals surface area contributed by atoms with Gasteiger partial charge in [0.2, 0.25) is 0 Å². The Bertz CT molecular complexity index is 731. The highest BCUT2D eigenvalue weighted by Gasteiger charge is 2.13. The number of hydrogen-bond acceptors (Lipinski definition) is 5. The first kappa shape index (κ1) is 14.5. The number of ketones is 1. The zero-order valence-corrected chi connectivity index (χ0v) is 11.2. The summed E-state index contributed by atoms with van der Waals surface area (Å²) in [5, 5.41) is 37.5. The second-order valence-electron chi connectivity index (χ2n) is 4.61. The van der Waals surface area contributed by atoms with E-state index >= 15 is 0 Å². The lowest BCUT2D eigenvalue weighted by molar-refractivity contribution is 0.103. The van der Waals surface area contributed by atoms with E-state index in [2.05, 4.69) is 0 Å². The van der Waals surface area contributed by atoms with Crippen LogP contribution in [0.2, 0.25) is 0 Å². The average molecular weight is 286 g/mol. The molecule has 5 nitrogen and oxygen atoms in total. The Morgan fingerprint density at radius 2 is 1.62 bits per heavy atom. The Labute approximate surface area is 121 Å². The molecule has 2 aromatic carbocycles. The van der Waals surface area contributed by atoms with Crippen LogP contribution in [0, 0.1) is 0 Å². The number of Topliss-reactive ketones (excluding diaryl/α,β-unsaturated/α-hetero) is 1. The number of phenolic OH excluding ortho intramolecular Hbond substituents is 4. The predicted octanol–water partition coefficient (Wildman–Crippen LogP) is 2.80. The fourth-order valence-electron chi connectivity index (χ4n) is 1.87. The van der Waals surface area contributed by atoms with E-state index < -0.39 is 5.78 Å². The second-order valence-corrected chi connectivity index (χ2v) is 4.61. The summed E-state index contributed by atoms with van der Waals surface area (Å²) in [5.41, 5.74) is 0.944. The zero-order chi connectivity index (χ0) is 15.6. The number of rotatable bonds is 3. The van der Waals surface area contributed by atoms with E-state index in [1.165, 1.54) is 30.3 Å². The minimum absolute atomic E-state index is 0.0737. The van der Waals surface area contributed by atoms with Crippen LogP contribution in [0.1, 0.15) is 22.8 Å². The van der Waals surface area contributed by atoms with Crippen LogP contribution in [0.25, 0.3) is 6.08 Å². The van der Waals surface area contributed by atoms with Gasteiger partial charge < -0.3 is 20.4 Å². The summed E-state index contributed by atoms with van der Waals surface area (Å²) in [6.45, 7) is 1.57. The first-order chi connectivity index (χ1) is 9.88. The van der Waals surface area contributed by atoms with Crippen molar-refractivity contribution in [2.75, 3.05) is 0 Å². The third-order valence-corrected chi connectivity index (χ3v) is 2.97. The standard InChI is InChI=1S/C16H14O5/c1-9(6-10-2-5-13(18)15(20)7-10)16(21)12-4-3-11(17)8-14(12)19/h2-8,17-20H,1H3. The molecule has 0 aliphatic rings. The summed E-state index contributed by atoms with van der Waals surface area (Å²) in [6.07, 6.45) is 1.52. The first-order valence-electron chi connectivity index (χ1n) is 6.15. The van der Waals surface area contributed by atoms with Crippen molar-refractivity contribution in [2.45, 2.75) is 6.92 Å². The average Bonchev–Trinajstić information content (AvgIpc) is 2.42. The number of carbonyl (C=O) groups is 1. The van der Waals surface area contributed by atoms with Gasteiger partial charge in [-0.25, -0.2) is 0 Å². The predicted molar refractivity (Wildman–Crippen MR) is 77.5 cm³/mol. The Balaban J connectivity index is 2.33. The topological polar surface area (TPSA) is 98.0 Å². The van der Waals surface area contributed by atoms with Crippen molar-refractivity contribution in [3.63, 3.8) is 0 Å². The number of aromatic hydroxyl groups is 4. The number of hydrogen-bond donors (Lipinski definition) is 4. The number of benzene rings is 2. The van der Waals surface area contributed by atoms with Crippen molar-refractivity contribution >= 4 is 11.9 Å². The quantitative estimate of drug-likeness (QED) is 0.395. The SMILES string of the molecule is CC(=Cc1ccc(O)c(O)c1)C(=O)c1ccc(O)cc1O. The highest BCUT2D eigenvalue weighted by Crippen LogP contribution is 2.28. The van der Waals surface area contributed by atoms with Gasteiger partial charge in [0.1, 0.15) is 11.5 Å². The molecule has 0 aliphatic heterocycles. The molecule has 0 heterocycles. The Morgan fingerprint density at radius 1 is 0.905 bits per heavy atom. The molecule has 0 unspecified atom stereocenters. The summed E-state index contributed by atoms with van der Waals surface area (Å²) in [7, 11) is 0. The molecule has 5 heteroatoms. The third kappa shape index (κ3) is 3.14. The maximum atomic E-state index is 12.2. The van der Waals surface area contributed by atoms with Gasteiger partial charge in [0.15, 0.2) is 17.3 Å². The molecule has 4 N–H and O–H groups in total. The first-order valence-corrected chi connectivity index (χ1v) is 6.15. The molecular weight excluding hydrogens is 272 g/mol. The van der Waals surface area contributed by atoms with Crippen LogP contribution < -0.4 is 0 Å². The minimum Gasteiger partial charge on any atom is -0.508 e. The molecule has 0 aliphatic carbocycles. The van der Waals surface area contributed by atoms with Gasteiger partial charge in [0.05, 0.1) is 5.56 Å². The summed E-state index contributed by atoms with van der Waals surface area (Å²) in [5.74, 6) is -1.36. The van der Waals surface area contributed by atoms with Gasteiger partial charge in [-0.15, -0.1) is 0 Å². The van der Waals surface area contributed by atoms with Crippen LogP contribution in [0.4, 0.5) is 0 Å². The molecule has 0 aromatic heterocycles. The molecule has 0 radical (unpaired) electrons. The Morgan fingerprint density at radius 3 is 2.24 bits per heavy atom. The second kappa shape index (κ2) is 5.58. The van der Waals surface area contributed by atoms with Crippen molar-refractivity contribution in [1.29, 1.82) is 0 Å². The van der Waals surface area contributed by atoms with Crippen LogP contribution >= 0.6 is 0 Å². The molecule has 0 bridgehead atoms. The van der Waals surface area contributed by atoms with Crippen molar-refractivity contribution in [1.82, 2.24) is 0 Å². The van der Waals surface area contributed by atoms with E-state index in [1.807, 2.05) is 0 Å². The number of carbonyl (C=O) groups excluding carboxylic acids is 1. The van der Waals surface area contributed by atoms with Gasteiger partial charge >= 0.3 is 0 Å². The van der Waals surface area contributed by atoms with E-state index in [1.54, 1.807) is 13.0 Å². The molecule has 0 saturated heterocycles. The molecule has 2 rings (SSSR count). The molecule has 0 amide bonds. The normalized spacial score (nSPS) is 11.4. The van der Waals surface area contributed by atoms with Crippen molar-refractivity contribution < 1.29 is 25.2 Å². The molecule has 2 aromatic rings. The largest absolute Gasteiger partial charge is 0.508 e. The van der Waals surface area contributed by atoms with Crippen LogP contribution in [0.3, 0.4) is 0 Å². The lowest BCUT2D eigenvalue weighted by Crippen LogP contribution is -2.00. The van der Waals surface area contributed by atoms with Gasteiger partial charge in [-0.1, -0.05) is 6.07 Å². The lowest BCUT2D eigenvalue weighted by Gasteiger charge is -2.05. The smallest absolute Gasteiger partial charge is 0.192 e. The molecule has 108 valence electrons. The maximum absolute atomic E-state index is 12.2. The van der Waals surface area contributed by atoms with Crippen molar-refractivity contribution in [3.8, 4) is 23.0 Å². The van der Waals surface area contributed by atoms with Gasteiger partial charge in [0.25, 0.3) is 0 Å². The molecule has 0 fully saturated rings. The Hall–Kier alpha value is -2.95. The molecule has 0 spiro atoms. The summed E-state index contributed by atoms with van der Waals surface area (Å²) in [4.78, 5) is 12.2. The number of allylic oxidation sites excluding steroid dienone is 1. The fourth-order valence-corrected chi connectivity index (χ4v) is 1.87. The fraction of sp³-hybridized carbons (Fsp3) is 0.0625. The highest BCUT2D eigenvalue weighted by atomic mass is 16.3. The molecule has 0 saturated carbocycles. The van der Waals surface area contributed by atoms with Gasteiger partial charge in [-0.2, -0.15) is 0 Å². The zero-order valence-electron chi connectivity index (χ0n) is 11.2. The van der Waals surface area contributed by atoms with E-state index in [0.29, 0.717) is 11.1 Å². The van der Waals surface area contributed by atoms with Crippen LogP contribution in [-0.4, -0.2) is 26.2 Å². The molecular formula is C16H14O5. The summed E-state index contributed by atoms with van der Waals surface area (Å²) >= 11 is 0. The lowest BCUT2D eigenvalue weighted by atomic mass is 10.0. The van der Waals surface area contributed by atoms with Crippen LogP contribution in [0.5, 0.6) is 23.0 Å². The number of phenols is 4. The van der Waals surface area contributed by atoms with E-state index in [0.717, 1.165) is 6.07 Å². The van der Waals surface area contributed by atoms with E-state index in [4.69, 9.17) is 0 Å². The monoisotopic (exact) mass is 286 g/mol. The summed E-state index contributed by atoms with van der Waals surface area (Å²) in [6, 6.07) is 7.92. The summed E-state index contributed by atoms with van der Waals surface area (Å²) < 4.78 is 0. The van der Waals surface area contributed by atoms with Crippen LogP contribution in [-0.2, 0) is 0 Å². The minimum atomic E-state index is -0.403. The Kier molecular flexibility index (Phi) is 3.84. The molecule has 0 atom stereocenters. The van der Waals surface area contributed by atoms with Crippen molar-refractivity contribution in [3.05, 3.63) is 53.1 Å². The van der Waals surface area contributed by atoms with Crippen molar-refractivity contribution in [2.24, 2.45) is 0 Å². The molecule has 21 heavy (non-hydrogen) atoms. The van der Waals surface area contributed by atoms with Crippen LogP contribution in [0.15, 0.2) is 42.0 Å². The van der Waals surface area contributed by atoms with Gasteiger partial charge in [0, 0.05) is 6.07 Å². The third-order valence-electron chi connectivity index (χ3n) is 2.97. The highest BCUT2D eigenvalue weighted by molar-refractivity contribution is 6.12. The van der Waals surface area contributed by atoms with E-state index in [9.17, 15) is 25.2 Å². The van der Waals surface area contributed by atoms with Gasteiger partial charge in [-0.3, -0.25) is 4.79 Å².